The highest BCUT2D eigenvalue weighted by Crippen LogP contribution is 2.28. The third kappa shape index (κ3) is 2.47. The van der Waals surface area contributed by atoms with Crippen LogP contribution in [0.5, 0.6) is 0 Å². The molecule has 1 aromatic carbocycles. The van der Waals surface area contributed by atoms with Crippen LogP contribution < -0.4 is 5.56 Å². The maximum absolute atomic E-state index is 12.4. The lowest BCUT2D eigenvalue weighted by molar-refractivity contribution is 0.521. The van der Waals surface area contributed by atoms with E-state index < -0.39 is 22.6 Å². The summed E-state index contributed by atoms with van der Waals surface area (Å²) in [4.78, 5) is 15.2. The second kappa shape index (κ2) is 5.36. The van der Waals surface area contributed by atoms with Crippen molar-refractivity contribution >= 4 is 20.9 Å². The molecular formula is C16H17N3O3S. The number of hydrogen-bond donors (Lipinski definition) is 1. The fourth-order valence-corrected chi connectivity index (χ4v) is 3.36. The van der Waals surface area contributed by atoms with Crippen LogP contribution in [0.1, 0.15) is 4.11 Å². The molecule has 0 amide bonds. The number of rotatable bonds is 3. The molecule has 0 radical (unpaired) electrons. The SMILES string of the molecule is [2H]C([2H])([2H])n1cc(-c2cccc(S(=O)(=O)N(C)C)c2)c2cc[nH]c2c1=O. The molecule has 0 fully saturated rings. The molecule has 7 heteroatoms. The number of benzene rings is 1. The summed E-state index contributed by atoms with van der Waals surface area (Å²) in [7, 11) is -0.785. The van der Waals surface area contributed by atoms with Crippen molar-refractivity contribution in [2.24, 2.45) is 6.98 Å². The quantitative estimate of drug-likeness (QED) is 0.793. The summed E-state index contributed by atoms with van der Waals surface area (Å²) in [5, 5.41) is 0.523. The molecule has 6 nitrogen and oxygen atoms in total. The van der Waals surface area contributed by atoms with Gasteiger partial charge in [0.2, 0.25) is 10.0 Å². The molecular weight excluding hydrogens is 314 g/mol. The monoisotopic (exact) mass is 334 g/mol. The summed E-state index contributed by atoms with van der Waals surface area (Å²) in [5.41, 5.74) is 0.439. The lowest BCUT2D eigenvalue weighted by Gasteiger charge is -2.13. The molecule has 2 heterocycles. The van der Waals surface area contributed by atoms with Crippen LogP contribution in [-0.4, -0.2) is 36.4 Å². The molecule has 0 unspecified atom stereocenters. The van der Waals surface area contributed by atoms with Crippen LogP contribution in [0.3, 0.4) is 0 Å². The minimum absolute atomic E-state index is 0.0790. The van der Waals surface area contributed by atoms with Gasteiger partial charge in [-0.1, -0.05) is 12.1 Å². The van der Waals surface area contributed by atoms with Gasteiger partial charge in [0.15, 0.2) is 0 Å². The molecule has 0 bridgehead atoms. The summed E-state index contributed by atoms with van der Waals surface area (Å²) in [6, 6.07) is 7.83. The molecule has 0 aliphatic carbocycles. The molecule has 0 atom stereocenters. The second-order valence-electron chi connectivity index (χ2n) is 5.30. The molecule has 3 rings (SSSR count). The van der Waals surface area contributed by atoms with Crippen LogP contribution in [0.2, 0.25) is 0 Å². The number of sulfonamides is 1. The number of aryl methyl sites for hydroxylation is 1. The molecule has 0 saturated carbocycles. The first kappa shape index (κ1) is 12.1. The van der Waals surface area contributed by atoms with Crippen LogP contribution in [0.4, 0.5) is 0 Å². The van der Waals surface area contributed by atoms with Crippen LogP contribution in [-0.2, 0) is 17.0 Å². The number of nitrogens with zero attached hydrogens (tertiary/aromatic N) is 2. The van der Waals surface area contributed by atoms with E-state index in [1.54, 1.807) is 24.4 Å². The van der Waals surface area contributed by atoms with E-state index in [1.807, 2.05) is 0 Å². The topological polar surface area (TPSA) is 75.2 Å². The third-order valence-electron chi connectivity index (χ3n) is 3.65. The zero-order valence-corrected chi connectivity index (χ0v) is 13.4. The first-order valence-corrected chi connectivity index (χ1v) is 8.23. The van der Waals surface area contributed by atoms with Gasteiger partial charge in [-0.15, -0.1) is 0 Å². The number of aromatic amines is 1. The zero-order chi connectivity index (χ0) is 19.3. The van der Waals surface area contributed by atoms with E-state index in [-0.39, 0.29) is 10.4 Å². The Balaban J connectivity index is 2.32. The summed E-state index contributed by atoms with van der Waals surface area (Å²) < 4.78 is 49.3. The van der Waals surface area contributed by atoms with E-state index >= 15 is 0 Å². The lowest BCUT2D eigenvalue weighted by Crippen LogP contribution is -2.22. The number of fused-ring (bicyclic) bond motifs is 1. The van der Waals surface area contributed by atoms with Crippen molar-refractivity contribution in [3.8, 4) is 11.1 Å². The maximum atomic E-state index is 12.4. The Hall–Kier alpha value is -2.38. The zero-order valence-electron chi connectivity index (χ0n) is 15.6. The van der Waals surface area contributed by atoms with Crippen LogP contribution >= 0.6 is 0 Å². The van der Waals surface area contributed by atoms with Gasteiger partial charge in [0.25, 0.3) is 5.56 Å². The van der Waals surface area contributed by atoms with Crippen LogP contribution in [0, 0.1) is 0 Å². The summed E-state index contributed by atoms with van der Waals surface area (Å²) in [6.07, 6.45) is 2.78. The number of H-pyrrole nitrogens is 1. The van der Waals surface area contributed by atoms with Crippen molar-refractivity contribution < 1.29 is 12.5 Å². The molecule has 2 aromatic heterocycles. The molecule has 120 valence electrons. The highest BCUT2D eigenvalue weighted by Gasteiger charge is 2.18. The Morgan fingerprint density at radius 2 is 2.04 bits per heavy atom. The lowest BCUT2D eigenvalue weighted by atomic mass is 10.0. The van der Waals surface area contributed by atoms with Crippen molar-refractivity contribution in [2.75, 3.05) is 14.1 Å². The normalized spacial score (nSPS) is 14.7. The van der Waals surface area contributed by atoms with Gasteiger partial charge in [-0.05, 0) is 23.8 Å². The number of hydrogen-bond acceptors (Lipinski definition) is 3. The van der Waals surface area contributed by atoms with Crippen LogP contribution in [0.25, 0.3) is 22.0 Å². The molecule has 0 spiro atoms. The predicted octanol–water partition coefficient (Wildman–Crippen LogP) is 1.78. The maximum Gasteiger partial charge on any atom is 0.274 e. The molecule has 0 aliphatic rings. The largest absolute Gasteiger partial charge is 0.357 e. The van der Waals surface area contributed by atoms with Crippen molar-refractivity contribution in [1.29, 1.82) is 0 Å². The van der Waals surface area contributed by atoms with E-state index in [2.05, 4.69) is 4.98 Å². The summed E-state index contributed by atoms with van der Waals surface area (Å²) in [6.45, 7) is -2.65. The van der Waals surface area contributed by atoms with Crippen molar-refractivity contribution in [1.82, 2.24) is 13.9 Å². The molecule has 23 heavy (non-hydrogen) atoms. The standard InChI is InChI=1S/C16H17N3O3S/c1-18(2)23(21,22)12-6-4-5-11(9-12)14-10-19(3)16(20)15-13(14)7-8-17-15/h4-10,17H,1-3H3/i3D3. The second-order valence-corrected chi connectivity index (χ2v) is 7.45. The minimum Gasteiger partial charge on any atom is -0.357 e. The van der Waals surface area contributed by atoms with Gasteiger partial charge >= 0.3 is 0 Å². The highest BCUT2D eigenvalue weighted by molar-refractivity contribution is 7.89. The Kier molecular flexibility index (Phi) is 2.82. The smallest absolute Gasteiger partial charge is 0.274 e. The predicted molar refractivity (Wildman–Crippen MR) is 89.8 cm³/mol. The van der Waals surface area contributed by atoms with Gasteiger partial charge in [0, 0.05) is 48.5 Å². The fourth-order valence-electron chi connectivity index (χ4n) is 2.41. The van der Waals surface area contributed by atoms with Gasteiger partial charge in [-0.25, -0.2) is 12.7 Å². The molecule has 0 saturated heterocycles. The van der Waals surface area contributed by atoms with E-state index in [0.29, 0.717) is 21.1 Å². The Bertz CT molecular complexity index is 1140. The van der Waals surface area contributed by atoms with Gasteiger partial charge in [0.1, 0.15) is 5.52 Å². The first-order chi connectivity index (χ1) is 12.0. The highest BCUT2D eigenvalue weighted by atomic mass is 32.2. The minimum atomic E-state index is -3.65. The molecule has 1 N–H and O–H groups in total. The van der Waals surface area contributed by atoms with Gasteiger partial charge in [-0.3, -0.25) is 4.79 Å². The van der Waals surface area contributed by atoms with Gasteiger partial charge in [0.05, 0.1) is 4.90 Å². The van der Waals surface area contributed by atoms with E-state index in [1.165, 1.54) is 32.4 Å². The average Bonchev–Trinajstić information content (AvgIpc) is 3.04. The summed E-state index contributed by atoms with van der Waals surface area (Å²) >= 11 is 0. The van der Waals surface area contributed by atoms with E-state index in [9.17, 15) is 13.2 Å². The summed E-state index contributed by atoms with van der Waals surface area (Å²) in [5.74, 6) is 0. The third-order valence-corrected chi connectivity index (χ3v) is 5.46. The van der Waals surface area contributed by atoms with Crippen molar-refractivity contribution in [3.63, 3.8) is 0 Å². The van der Waals surface area contributed by atoms with E-state index in [0.717, 1.165) is 4.31 Å². The fraction of sp³-hybridized carbons (Fsp3) is 0.188. The van der Waals surface area contributed by atoms with Crippen LogP contribution in [0.15, 0.2) is 52.4 Å². The number of nitrogens with one attached hydrogen (secondary N) is 1. The van der Waals surface area contributed by atoms with E-state index in [4.69, 9.17) is 4.11 Å². The molecule has 3 aromatic rings. The van der Waals surface area contributed by atoms with Gasteiger partial charge in [-0.2, -0.15) is 0 Å². The Labute approximate surface area is 138 Å². The molecule has 0 aliphatic heterocycles. The van der Waals surface area contributed by atoms with Crippen molar-refractivity contribution in [2.45, 2.75) is 4.90 Å². The average molecular weight is 334 g/mol. The Morgan fingerprint density at radius 1 is 1.26 bits per heavy atom. The Morgan fingerprint density at radius 3 is 2.74 bits per heavy atom. The van der Waals surface area contributed by atoms with Crippen molar-refractivity contribution in [3.05, 3.63) is 53.1 Å². The number of aromatic nitrogens is 2. The first-order valence-electron chi connectivity index (χ1n) is 8.29. The number of pyridine rings is 1. The van der Waals surface area contributed by atoms with Gasteiger partial charge < -0.3 is 9.55 Å².